The van der Waals surface area contributed by atoms with Gasteiger partial charge in [0, 0.05) is 28.6 Å². The van der Waals surface area contributed by atoms with E-state index in [9.17, 15) is 0 Å². The van der Waals surface area contributed by atoms with Gasteiger partial charge in [0.2, 0.25) is 0 Å². The van der Waals surface area contributed by atoms with Crippen molar-refractivity contribution in [1.82, 2.24) is 5.32 Å². The quantitative estimate of drug-likeness (QED) is 0.856. The fourth-order valence-corrected chi connectivity index (χ4v) is 5.82. The summed E-state index contributed by atoms with van der Waals surface area (Å²) in [7, 11) is 0. The summed E-state index contributed by atoms with van der Waals surface area (Å²) in [5.41, 5.74) is 1.47. The van der Waals surface area contributed by atoms with Gasteiger partial charge in [0.15, 0.2) is 0 Å². The maximum atomic E-state index is 3.81. The first-order valence-corrected chi connectivity index (χ1v) is 10.0. The molecule has 3 rings (SSSR count). The second kappa shape index (κ2) is 7.57. The van der Waals surface area contributed by atoms with Gasteiger partial charge >= 0.3 is 0 Å². The van der Waals surface area contributed by atoms with Gasteiger partial charge in [-0.2, -0.15) is 23.5 Å². The van der Waals surface area contributed by atoms with Gasteiger partial charge in [-0.15, -0.1) is 0 Å². The first-order valence-electron chi connectivity index (χ1n) is 7.80. The van der Waals surface area contributed by atoms with E-state index >= 15 is 0 Å². The Morgan fingerprint density at radius 3 is 2.81 bits per heavy atom. The highest BCUT2D eigenvalue weighted by molar-refractivity contribution is 8.06. The van der Waals surface area contributed by atoms with Crippen molar-refractivity contribution in [2.75, 3.05) is 23.8 Å². The summed E-state index contributed by atoms with van der Waals surface area (Å²) >= 11 is 4.25. The molecule has 1 saturated heterocycles. The largest absolute Gasteiger partial charge is 0.309 e. The molecule has 0 aromatic heterocycles. The van der Waals surface area contributed by atoms with Crippen LogP contribution < -0.4 is 5.32 Å². The summed E-state index contributed by atoms with van der Waals surface area (Å²) in [5.74, 6) is 3.84. The number of thioether (sulfide) groups is 2. The van der Waals surface area contributed by atoms with Crippen molar-refractivity contribution in [3.05, 3.63) is 48.0 Å². The topological polar surface area (TPSA) is 12.0 Å². The lowest BCUT2D eigenvalue weighted by atomic mass is 9.96. The van der Waals surface area contributed by atoms with E-state index in [0.717, 1.165) is 6.54 Å². The molecule has 1 nitrogen and oxygen atoms in total. The van der Waals surface area contributed by atoms with E-state index in [1.807, 2.05) is 0 Å². The molecule has 2 atom stereocenters. The highest BCUT2D eigenvalue weighted by Crippen LogP contribution is 2.36. The number of rotatable bonds is 5. The SMILES string of the molecule is CCCNC(c1cccc2ccccc12)C1CSCCS1. The summed E-state index contributed by atoms with van der Waals surface area (Å²) in [6.45, 7) is 3.34. The predicted molar refractivity (Wildman–Crippen MR) is 98.6 cm³/mol. The average Bonchev–Trinajstić information content (AvgIpc) is 2.56. The summed E-state index contributed by atoms with van der Waals surface area (Å²) in [4.78, 5) is 0. The number of benzene rings is 2. The van der Waals surface area contributed by atoms with E-state index in [-0.39, 0.29) is 0 Å². The maximum Gasteiger partial charge on any atom is 0.0454 e. The van der Waals surface area contributed by atoms with Crippen LogP contribution in [-0.2, 0) is 0 Å². The van der Waals surface area contributed by atoms with Crippen molar-refractivity contribution in [1.29, 1.82) is 0 Å². The van der Waals surface area contributed by atoms with Crippen LogP contribution in [0.2, 0.25) is 0 Å². The molecule has 1 fully saturated rings. The highest BCUT2D eigenvalue weighted by atomic mass is 32.2. The molecule has 1 aliphatic heterocycles. The van der Waals surface area contributed by atoms with Crippen molar-refractivity contribution < 1.29 is 0 Å². The van der Waals surface area contributed by atoms with Crippen LogP contribution in [0, 0.1) is 0 Å². The zero-order valence-electron chi connectivity index (χ0n) is 12.5. The third kappa shape index (κ3) is 3.58. The molecule has 0 radical (unpaired) electrons. The van der Waals surface area contributed by atoms with E-state index in [1.54, 1.807) is 0 Å². The van der Waals surface area contributed by atoms with Gasteiger partial charge in [0.05, 0.1) is 0 Å². The second-order valence-electron chi connectivity index (χ2n) is 5.48. The van der Waals surface area contributed by atoms with Crippen molar-refractivity contribution in [2.24, 2.45) is 0 Å². The van der Waals surface area contributed by atoms with Crippen molar-refractivity contribution in [3.8, 4) is 0 Å². The van der Waals surface area contributed by atoms with Gasteiger partial charge in [-0.25, -0.2) is 0 Å². The lowest BCUT2D eigenvalue weighted by Crippen LogP contribution is -2.34. The molecule has 0 amide bonds. The van der Waals surface area contributed by atoms with Crippen LogP contribution >= 0.6 is 23.5 Å². The first-order chi connectivity index (χ1) is 10.4. The lowest BCUT2D eigenvalue weighted by molar-refractivity contribution is 0.533. The monoisotopic (exact) mass is 317 g/mol. The molecule has 1 aliphatic rings. The van der Waals surface area contributed by atoms with Gasteiger partial charge in [-0.3, -0.25) is 0 Å². The Balaban J connectivity index is 1.96. The maximum absolute atomic E-state index is 3.81. The Morgan fingerprint density at radius 1 is 1.14 bits per heavy atom. The average molecular weight is 318 g/mol. The minimum absolute atomic E-state index is 0.467. The molecule has 1 heterocycles. The van der Waals surface area contributed by atoms with E-state index in [1.165, 1.54) is 40.0 Å². The van der Waals surface area contributed by atoms with E-state index in [0.29, 0.717) is 11.3 Å². The van der Waals surface area contributed by atoms with Crippen LogP contribution in [0.3, 0.4) is 0 Å². The van der Waals surface area contributed by atoms with E-state index in [2.05, 4.69) is 78.2 Å². The number of hydrogen-bond acceptors (Lipinski definition) is 3. The Kier molecular flexibility index (Phi) is 5.50. The fraction of sp³-hybridized carbons (Fsp3) is 0.444. The molecule has 112 valence electrons. The van der Waals surface area contributed by atoms with Gasteiger partial charge in [-0.05, 0) is 29.3 Å². The summed E-state index contributed by atoms with van der Waals surface area (Å²) in [6, 6.07) is 16.0. The van der Waals surface area contributed by atoms with Crippen LogP contribution in [0.4, 0.5) is 0 Å². The second-order valence-corrected chi connectivity index (χ2v) is 7.98. The third-order valence-corrected chi connectivity index (χ3v) is 6.85. The van der Waals surface area contributed by atoms with Crippen LogP contribution in [0.5, 0.6) is 0 Å². The predicted octanol–water partition coefficient (Wildman–Crippen LogP) is 4.73. The Bertz CT molecular complexity index is 573. The zero-order chi connectivity index (χ0) is 14.5. The van der Waals surface area contributed by atoms with Crippen LogP contribution in [-0.4, -0.2) is 29.1 Å². The molecule has 0 spiro atoms. The zero-order valence-corrected chi connectivity index (χ0v) is 14.2. The Hall–Kier alpha value is -0.640. The number of hydrogen-bond donors (Lipinski definition) is 1. The summed E-state index contributed by atoms with van der Waals surface area (Å²) in [6.07, 6.45) is 1.19. The molecule has 0 saturated carbocycles. The fourth-order valence-electron chi connectivity index (χ4n) is 2.96. The molecular formula is C18H23NS2. The molecule has 1 N–H and O–H groups in total. The molecule has 21 heavy (non-hydrogen) atoms. The van der Waals surface area contributed by atoms with E-state index in [4.69, 9.17) is 0 Å². The minimum Gasteiger partial charge on any atom is -0.309 e. The summed E-state index contributed by atoms with van der Waals surface area (Å²) in [5, 5.41) is 7.26. The number of nitrogens with one attached hydrogen (secondary N) is 1. The minimum atomic E-state index is 0.467. The van der Waals surface area contributed by atoms with Crippen molar-refractivity contribution in [3.63, 3.8) is 0 Å². The first kappa shape index (κ1) is 15.3. The standard InChI is InChI=1S/C18H23NS2/c1-2-10-19-18(17-13-20-11-12-21-17)16-9-5-7-14-6-3-4-8-15(14)16/h3-9,17-19H,2,10-13H2,1H3. The highest BCUT2D eigenvalue weighted by Gasteiger charge is 2.26. The summed E-state index contributed by atoms with van der Waals surface area (Å²) < 4.78 is 0. The van der Waals surface area contributed by atoms with Gasteiger partial charge < -0.3 is 5.32 Å². The Labute approximate surface area is 136 Å². The molecule has 3 heteroatoms. The third-order valence-electron chi connectivity index (χ3n) is 3.99. The van der Waals surface area contributed by atoms with Gasteiger partial charge in [0.25, 0.3) is 0 Å². The number of fused-ring (bicyclic) bond motifs is 1. The van der Waals surface area contributed by atoms with Crippen molar-refractivity contribution in [2.45, 2.75) is 24.6 Å². The van der Waals surface area contributed by atoms with Gasteiger partial charge in [-0.1, -0.05) is 49.4 Å². The van der Waals surface area contributed by atoms with Gasteiger partial charge in [0.1, 0.15) is 0 Å². The smallest absolute Gasteiger partial charge is 0.0454 e. The Morgan fingerprint density at radius 2 is 2.00 bits per heavy atom. The van der Waals surface area contributed by atoms with Crippen molar-refractivity contribution >= 4 is 34.3 Å². The molecular weight excluding hydrogens is 294 g/mol. The lowest BCUT2D eigenvalue weighted by Gasteiger charge is -2.31. The molecule has 2 aromatic carbocycles. The normalized spacial score (nSPS) is 20.5. The van der Waals surface area contributed by atoms with Crippen LogP contribution in [0.25, 0.3) is 10.8 Å². The van der Waals surface area contributed by atoms with E-state index < -0.39 is 0 Å². The molecule has 0 bridgehead atoms. The molecule has 0 aliphatic carbocycles. The van der Waals surface area contributed by atoms with Crippen LogP contribution in [0.15, 0.2) is 42.5 Å². The molecule has 2 unspecified atom stereocenters. The van der Waals surface area contributed by atoms with Crippen LogP contribution in [0.1, 0.15) is 24.9 Å². The molecule has 2 aromatic rings.